The molecule has 39 heavy (non-hydrogen) atoms. The van der Waals surface area contributed by atoms with Gasteiger partial charge in [0.1, 0.15) is 17.3 Å². The molecule has 2 aliphatic heterocycles. The van der Waals surface area contributed by atoms with Crippen molar-refractivity contribution in [3.05, 3.63) is 102 Å². The number of rotatable bonds is 5. The molecular formula is C32H28N4O3. The Labute approximate surface area is 227 Å². The van der Waals surface area contributed by atoms with E-state index in [4.69, 9.17) is 24.2 Å². The summed E-state index contributed by atoms with van der Waals surface area (Å²) in [4.78, 5) is 14.5. The molecule has 2 aliphatic rings. The first-order chi connectivity index (χ1) is 19.3. The maximum absolute atomic E-state index is 6.48. The molecule has 0 saturated carbocycles. The second-order valence-electron chi connectivity index (χ2n) is 9.72. The summed E-state index contributed by atoms with van der Waals surface area (Å²) >= 11 is 0. The molecule has 0 atom stereocenters. The smallest absolute Gasteiger partial charge is 0.324 e. The molecule has 3 heterocycles. The van der Waals surface area contributed by atoms with Gasteiger partial charge in [0.05, 0.1) is 12.6 Å². The van der Waals surface area contributed by atoms with E-state index in [1.165, 1.54) is 5.69 Å². The molecule has 7 rings (SSSR count). The molecule has 0 aliphatic carbocycles. The van der Waals surface area contributed by atoms with Crippen LogP contribution in [-0.2, 0) is 6.42 Å². The Bertz CT molecular complexity index is 1650. The van der Waals surface area contributed by atoms with Gasteiger partial charge < -0.3 is 24.0 Å². The van der Waals surface area contributed by atoms with Crippen molar-refractivity contribution in [2.45, 2.75) is 6.42 Å². The summed E-state index contributed by atoms with van der Waals surface area (Å²) in [6.07, 6.45) is 0.667. The normalized spacial score (nSPS) is 14.4. The van der Waals surface area contributed by atoms with Crippen molar-refractivity contribution < 1.29 is 14.2 Å². The highest BCUT2D eigenvalue weighted by Gasteiger charge is 2.26. The van der Waals surface area contributed by atoms with Crippen molar-refractivity contribution in [1.82, 2.24) is 9.97 Å². The molecule has 0 spiro atoms. The maximum atomic E-state index is 6.48. The van der Waals surface area contributed by atoms with Gasteiger partial charge in [0, 0.05) is 49.2 Å². The molecule has 7 heteroatoms. The van der Waals surface area contributed by atoms with E-state index < -0.39 is 0 Å². The Morgan fingerprint density at radius 1 is 0.718 bits per heavy atom. The fourth-order valence-electron chi connectivity index (χ4n) is 5.41. The van der Waals surface area contributed by atoms with Gasteiger partial charge in [-0.25, -0.2) is 0 Å². The van der Waals surface area contributed by atoms with Crippen LogP contribution in [0.1, 0.15) is 11.1 Å². The number of benzene rings is 4. The summed E-state index contributed by atoms with van der Waals surface area (Å²) in [7, 11) is 1.64. The fourth-order valence-corrected chi connectivity index (χ4v) is 5.41. The largest absolute Gasteiger partial charge is 0.493 e. The van der Waals surface area contributed by atoms with Crippen molar-refractivity contribution in [3.8, 4) is 29.0 Å². The van der Waals surface area contributed by atoms with E-state index >= 15 is 0 Å². The number of para-hydroxylation sites is 3. The van der Waals surface area contributed by atoms with Crippen molar-refractivity contribution in [3.63, 3.8) is 0 Å². The molecule has 194 valence electrons. The Morgan fingerprint density at radius 2 is 1.46 bits per heavy atom. The van der Waals surface area contributed by atoms with Crippen molar-refractivity contribution in [1.29, 1.82) is 0 Å². The highest BCUT2D eigenvalue weighted by Crippen LogP contribution is 2.46. The molecule has 1 saturated heterocycles. The second-order valence-corrected chi connectivity index (χ2v) is 9.72. The third-order valence-electron chi connectivity index (χ3n) is 7.42. The van der Waals surface area contributed by atoms with E-state index in [1.54, 1.807) is 7.11 Å². The molecule has 0 bridgehead atoms. The molecular weight excluding hydrogens is 488 g/mol. The Morgan fingerprint density at radius 3 is 2.31 bits per heavy atom. The minimum atomic E-state index is 0.291. The highest BCUT2D eigenvalue weighted by atomic mass is 16.5. The van der Waals surface area contributed by atoms with E-state index in [9.17, 15) is 0 Å². The SMILES string of the molecule is COc1ccc2c(c1Oc1nc(N3CCN(c4ccccc4)CC3)c3ccccc3n1)Cc1ccccc1O2. The summed E-state index contributed by atoms with van der Waals surface area (Å²) < 4.78 is 18.4. The molecule has 0 amide bonds. The van der Waals surface area contributed by atoms with Crippen LogP contribution in [0.3, 0.4) is 0 Å². The van der Waals surface area contributed by atoms with Crippen LogP contribution in [-0.4, -0.2) is 43.3 Å². The number of hydrogen-bond donors (Lipinski definition) is 0. The van der Waals surface area contributed by atoms with E-state index in [0.717, 1.165) is 65.5 Å². The first-order valence-corrected chi connectivity index (χ1v) is 13.2. The van der Waals surface area contributed by atoms with Gasteiger partial charge in [-0.05, 0) is 48.0 Å². The van der Waals surface area contributed by atoms with Crippen LogP contribution >= 0.6 is 0 Å². The topological polar surface area (TPSA) is 60.0 Å². The lowest BCUT2D eigenvalue weighted by Crippen LogP contribution is -2.46. The standard InChI is InChI=1S/C32H28N4O3/c1-37-29-16-15-28-25(21-22-9-5-8-14-27(22)38-28)30(29)39-32-33-26-13-7-6-12-24(26)31(34-32)36-19-17-35(18-20-36)23-10-3-2-4-11-23/h2-16H,17-21H2,1H3. The van der Waals surface area contributed by atoms with E-state index in [-0.39, 0.29) is 0 Å². The minimum Gasteiger partial charge on any atom is -0.493 e. The molecule has 0 unspecified atom stereocenters. The minimum absolute atomic E-state index is 0.291. The Balaban J connectivity index is 1.23. The average molecular weight is 517 g/mol. The van der Waals surface area contributed by atoms with Crippen molar-refractivity contribution in [2.75, 3.05) is 43.1 Å². The number of anilines is 2. The molecule has 0 N–H and O–H groups in total. The second kappa shape index (κ2) is 9.83. The summed E-state index contributed by atoms with van der Waals surface area (Å²) in [5, 5.41) is 1.01. The molecule has 5 aromatic rings. The number of ether oxygens (including phenoxy) is 3. The zero-order chi connectivity index (χ0) is 26.2. The molecule has 0 radical (unpaired) electrons. The van der Waals surface area contributed by atoms with Crippen LogP contribution in [0.15, 0.2) is 91.0 Å². The highest BCUT2D eigenvalue weighted by molar-refractivity contribution is 5.90. The van der Waals surface area contributed by atoms with Gasteiger partial charge in [-0.2, -0.15) is 9.97 Å². The van der Waals surface area contributed by atoms with Crippen LogP contribution in [0, 0.1) is 0 Å². The zero-order valence-corrected chi connectivity index (χ0v) is 21.7. The van der Waals surface area contributed by atoms with E-state index in [2.05, 4.69) is 52.3 Å². The number of methoxy groups -OCH3 is 1. The lowest BCUT2D eigenvalue weighted by atomic mass is 9.99. The molecule has 1 aromatic heterocycles. The summed E-state index contributed by atoms with van der Waals surface area (Å²) in [6, 6.07) is 30.8. The van der Waals surface area contributed by atoms with Crippen molar-refractivity contribution >= 4 is 22.4 Å². The summed E-state index contributed by atoms with van der Waals surface area (Å²) in [5.41, 5.74) is 4.11. The van der Waals surface area contributed by atoms with Crippen LogP contribution in [0.2, 0.25) is 0 Å². The monoisotopic (exact) mass is 516 g/mol. The number of fused-ring (bicyclic) bond motifs is 3. The van der Waals surface area contributed by atoms with E-state index in [1.807, 2.05) is 48.5 Å². The summed E-state index contributed by atoms with van der Waals surface area (Å²) in [6.45, 7) is 3.53. The van der Waals surface area contributed by atoms with Gasteiger partial charge in [-0.15, -0.1) is 0 Å². The quantitative estimate of drug-likeness (QED) is 0.261. The van der Waals surface area contributed by atoms with Gasteiger partial charge in [0.2, 0.25) is 0 Å². The Kier molecular flexibility index (Phi) is 5.89. The molecule has 1 fully saturated rings. The maximum Gasteiger partial charge on any atom is 0.324 e. The lowest BCUT2D eigenvalue weighted by molar-refractivity contribution is 0.360. The predicted molar refractivity (Wildman–Crippen MR) is 153 cm³/mol. The van der Waals surface area contributed by atoms with Gasteiger partial charge >= 0.3 is 6.01 Å². The van der Waals surface area contributed by atoms with Gasteiger partial charge in [-0.3, -0.25) is 0 Å². The van der Waals surface area contributed by atoms with Gasteiger partial charge in [0.15, 0.2) is 11.5 Å². The average Bonchev–Trinajstić information content (AvgIpc) is 3.00. The van der Waals surface area contributed by atoms with Crippen LogP contribution in [0.25, 0.3) is 10.9 Å². The third kappa shape index (κ3) is 4.36. The predicted octanol–water partition coefficient (Wildman–Crippen LogP) is 6.45. The van der Waals surface area contributed by atoms with Crippen LogP contribution in [0.4, 0.5) is 11.5 Å². The summed E-state index contributed by atoms with van der Waals surface area (Å²) in [5.74, 6) is 3.70. The van der Waals surface area contributed by atoms with Gasteiger partial charge in [-0.1, -0.05) is 48.5 Å². The third-order valence-corrected chi connectivity index (χ3v) is 7.42. The molecule has 7 nitrogen and oxygen atoms in total. The lowest BCUT2D eigenvalue weighted by Gasteiger charge is -2.37. The first kappa shape index (κ1) is 23.3. The van der Waals surface area contributed by atoms with E-state index in [0.29, 0.717) is 23.9 Å². The number of nitrogens with zero attached hydrogens (tertiary/aromatic N) is 4. The first-order valence-electron chi connectivity index (χ1n) is 13.2. The number of hydrogen-bond acceptors (Lipinski definition) is 7. The van der Waals surface area contributed by atoms with Gasteiger partial charge in [0.25, 0.3) is 0 Å². The molecule has 4 aromatic carbocycles. The zero-order valence-electron chi connectivity index (χ0n) is 21.7. The van der Waals surface area contributed by atoms with Crippen LogP contribution < -0.4 is 24.0 Å². The number of piperazine rings is 1. The fraction of sp³-hybridized carbons (Fsp3) is 0.188. The number of aromatic nitrogens is 2. The Hall–Kier alpha value is -4.78. The van der Waals surface area contributed by atoms with Crippen molar-refractivity contribution in [2.24, 2.45) is 0 Å². The van der Waals surface area contributed by atoms with Crippen LogP contribution in [0.5, 0.6) is 29.0 Å².